The quantitative estimate of drug-likeness (QED) is 0.747. The highest BCUT2D eigenvalue weighted by atomic mass is 79.9. The molecule has 1 atom stereocenters. The molecule has 16 heavy (non-hydrogen) atoms. The van der Waals surface area contributed by atoms with Crippen LogP contribution in [0, 0.1) is 0 Å². The lowest BCUT2D eigenvalue weighted by Gasteiger charge is -2.19. The fourth-order valence-electron chi connectivity index (χ4n) is 1.68. The Hall–Kier alpha value is -0.660. The van der Waals surface area contributed by atoms with E-state index in [0.29, 0.717) is 33.4 Å². The van der Waals surface area contributed by atoms with Gasteiger partial charge in [-0.15, -0.1) is 0 Å². The molecule has 2 rings (SSSR count). The van der Waals surface area contributed by atoms with Gasteiger partial charge in [-0.05, 0) is 31.9 Å². The van der Waals surface area contributed by atoms with E-state index in [1.807, 2.05) is 0 Å². The predicted octanol–water partition coefficient (Wildman–Crippen LogP) is 1.25. The van der Waals surface area contributed by atoms with Gasteiger partial charge in [0.15, 0.2) is 0 Å². The molecule has 0 radical (unpaired) electrons. The number of aromatic nitrogens is 1. The molecule has 2 heterocycles. The van der Waals surface area contributed by atoms with E-state index in [4.69, 9.17) is 11.5 Å². The van der Waals surface area contributed by atoms with Crippen molar-refractivity contribution in [2.45, 2.75) is 12.5 Å². The summed E-state index contributed by atoms with van der Waals surface area (Å²) in [6.45, 7) is 0.472. The van der Waals surface area contributed by atoms with Crippen molar-refractivity contribution in [2.75, 3.05) is 17.2 Å². The van der Waals surface area contributed by atoms with Crippen LogP contribution in [0.5, 0.6) is 0 Å². The van der Waals surface area contributed by atoms with Crippen molar-refractivity contribution in [3.05, 3.63) is 15.3 Å². The summed E-state index contributed by atoms with van der Waals surface area (Å²) < 4.78 is 1.22. The van der Waals surface area contributed by atoms with Gasteiger partial charge in [0.2, 0.25) is 5.91 Å². The van der Waals surface area contributed by atoms with Crippen LogP contribution in [0.2, 0.25) is 0 Å². The number of rotatable bonds is 1. The molecule has 0 saturated carbocycles. The van der Waals surface area contributed by atoms with Crippen molar-refractivity contribution in [3.8, 4) is 0 Å². The standard InChI is InChI=1S/C9H10Br2N4O/c10-5-2-14-9(11)8(7(5)13)15-3-4(12)1-6(15)16/h2,4H,1,3,12H2,(H2,13,14). The number of carbonyl (C=O) groups excluding carboxylic acids is 1. The van der Waals surface area contributed by atoms with E-state index in [1.165, 1.54) is 0 Å². The zero-order chi connectivity index (χ0) is 11.9. The lowest BCUT2D eigenvalue weighted by Crippen LogP contribution is -2.29. The molecule has 0 spiro atoms. The normalized spacial score (nSPS) is 20.6. The van der Waals surface area contributed by atoms with Gasteiger partial charge in [0.1, 0.15) is 10.3 Å². The van der Waals surface area contributed by atoms with Crippen LogP contribution in [0.4, 0.5) is 11.4 Å². The monoisotopic (exact) mass is 348 g/mol. The largest absolute Gasteiger partial charge is 0.396 e. The maximum Gasteiger partial charge on any atom is 0.228 e. The molecular weight excluding hydrogens is 340 g/mol. The average molecular weight is 350 g/mol. The average Bonchev–Trinajstić information content (AvgIpc) is 2.53. The van der Waals surface area contributed by atoms with Crippen LogP contribution in [-0.2, 0) is 4.79 Å². The highest BCUT2D eigenvalue weighted by Crippen LogP contribution is 2.37. The third-order valence-electron chi connectivity index (χ3n) is 2.42. The molecule has 1 aliphatic rings. The lowest BCUT2D eigenvalue weighted by atomic mass is 10.3. The van der Waals surface area contributed by atoms with Gasteiger partial charge >= 0.3 is 0 Å². The number of hydrogen-bond donors (Lipinski definition) is 2. The third kappa shape index (κ3) is 1.94. The van der Waals surface area contributed by atoms with Gasteiger partial charge in [0, 0.05) is 25.2 Å². The highest BCUT2D eigenvalue weighted by Gasteiger charge is 2.31. The minimum Gasteiger partial charge on any atom is -0.396 e. The molecule has 1 aromatic rings. The smallest absolute Gasteiger partial charge is 0.228 e. The van der Waals surface area contributed by atoms with E-state index >= 15 is 0 Å². The number of nitrogens with zero attached hydrogens (tertiary/aromatic N) is 2. The van der Waals surface area contributed by atoms with Gasteiger partial charge in [-0.2, -0.15) is 0 Å². The molecule has 1 saturated heterocycles. The molecule has 7 heteroatoms. The number of carbonyl (C=O) groups is 1. The van der Waals surface area contributed by atoms with Crippen molar-refractivity contribution in [3.63, 3.8) is 0 Å². The third-order valence-corrected chi connectivity index (χ3v) is 3.64. The zero-order valence-electron chi connectivity index (χ0n) is 8.28. The molecule has 1 unspecified atom stereocenters. The van der Waals surface area contributed by atoms with Crippen molar-refractivity contribution in [2.24, 2.45) is 5.73 Å². The van der Waals surface area contributed by atoms with Gasteiger partial charge in [-0.3, -0.25) is 4.79 Å². The summed E-state index contributed by atoms with van der Waals surface area (Å²) in [7, 11) is 0. The van der Waals surface area contributed by atoms with E-state index in [0.717, 1.165) is 0 Å². The number of nitrogen functional groups attached to an aromatic ring is 1. The van der Waals surface area contributed by atoms with E-state index < -0.39 is 0 Å². The molecule has 0 aromatic carbocycles. The van der Waals surface area contributed by atoms with E-state index in [-0.39, 0.29) is 11.9 Å². The number of amides is 1. The first kappa shape index (κ1) is 11.8. The maximum atomic E-state index is 11.7. The maximum absolute atomic E-state index is 11.7. The number of halogens is 2. The van der Waals surface area contributed by atoms with Crippen molar-refractivity contribution in [1.29, 1.82) is 0 Å². The number of nitrogens with two attached hydrogens (primary N) is 2. The van der Waals surface area contributed by atoms with Crippen LogP contribution in [0.1, 0.15) is 6.42 Å². The van der Waals surface area contributed by atoms with Gasteiger partial charge in [0.25, 0.3) is 0 Å². The second kappa shape index (κ2) is 4.31. The molecule has 5 nitrogen and oxygen atoms in total. The first-order valence-corrected chi connectivity index (χ1v) is 6.24. The number of hydrogen-bond acceptors (Lipinski definition) is 4. The fourth-order valence-corrected chi connectivity index (χ4v) is 2.50. The first-order valence-electron chi connectivity index (χ1n) is 4.66. The van der Waals surface area contributed by atoms with Crippen molar-refractivity contribution >= 4 is 49.1 Å². The summed E-state index contributed by atoms with van der Waals surface area (Å²) in [5.41, 5.74) is 12.7. The van der Waals surface area contributed by atoms with Crippen LogP contribution in [0.15, 0.2) is 15.3 Å². The Morgan fingerprint density at radius 3 is 2.75 bits per heavy atom. The predicted molar refractivity (Wildman–Crippen MR) is 69.0 cm³/mol. The molecule has 86 valence electrons. The second-order valence-corrected chi connectivity index (χ2v) is 5.23. The Labute approximate surface area is 109 Å². The van der Waals surface area contributed by atoms with Crippen LogP contribution in [0.3, 0.4) is 0 Å². The minimum absolute atomic E-state index is 0.0280. The lowest BCUT2D eigenvalue weighted by molar-refractivity contribution is -0.117. The van der Waals surface area contributed by atoms with Crippen molar-refractivity contribution < 1.29 is 4.79 Å². The van der Waals surface area contributed by atoms with Crippen LogP contribution < -0.4 is 16.4 Å². The summed E-state index contributed by atoms with van der Waals surface area (Å²) in [6, 6.07) is -0.141. The van der Waals surface area contributed by atoms with Gasteiger partial charge in [-0.25, -0.2) is 4.98 Å². The molecular formula is C9H10Br2N4O. The Bertz CT molecular complexity index is 451. The van der Waals surface area contributed by atoms with Gasteiger partial charge in [0.05, 0.1) is 10.2 Å². The van der Waals surface area contributed by atoms with Crippen molar-refractivity contribution in [1.82, 2.24) is 4.98 Å². The summed E-state index contributed by atoms with van der Waals surface area (Å²) in [6.07, 6.45) is 1.93. The molecule has 0 aliphatic carbocycles. The zero-order valence-corrected chi connectivity index (χ0v) is 11.5. The van der Waals surface area contributed by atoms with Crippen LogP contribution >= 0.6 is 31.9 Å². The SMILES string of the molecule is Nc1c(Br)cnc(Br)c1N1CC(N)CC1=O. The molecule has 4 N–H and O–H groups in total. The van der Waals surface area contributed by atoms with E-state index in [2.05, 4.69) is 36.8 Å². The Kier molecular flexibility index (Phi) is 3.18. The summed E-state index contributed by atoms with van der Waals surface area (Å²) >= 11 is 6.58. The highest BCUT2D eigenvalue weighted by molar-refractivity contribution is 9.11. The van der Waals surface area contributed by atoms with Gasteiger partial charge in [-0.1, -0.05) is 0 Å². The Balaban J connectivity index is 2.48. The molecule has 1 aromatic heterocycles. The first-order chi connectivity index (χ1) is 7.50. The summed E-state index contributed by atoms with van der Waals surface area (Å²) in [4.78, 5) is 17.4. The van der Waals surface area contributed by atoms with Crippen LogP contribution in [-0.4, -0.2) is 23.5 Å². The minimum atomic E-state index is -0.141. The number of pyridine rings is 1. The Morgan fingerprint density at radius 1 is 1.50 bits per heavy atom. The Morgan fingerprint density at radius 2 is 2.19 bits per heavy atom. The second-order valence-electron chi connectivity index (χ2n) is 3.63. The topological polar surface area (TPSA) is 85.2 Å². The number of anilines is 2. The molecule has 0 bridgehead atoms. The molecule has 1 aliphatic heterocycles. The molecule has 1 amide bonds. The summed E-state index contributed by atoms with van der Waals surface area (Å²) in [5, 5.41) is 0. The van der Waals surface area contributed by atoms with E-state index in [1.54, 1.807) is 11.1 Å². The van der Waals surface area contributed by atoms with Gasteiger partial charge < -0.3 is 16.4 Å². The van der Waals surface area contributed by atoms with Crippen LogP contribution in [0.25, 0.3) is 0 Å². The van der Waals surface area contributed by atoms with E-state index in [9.17, 15) is 4.79 Å². The summed E-state index contributed by atoms with van der Waals surface area (Å²) in [5.74, 6) is -0.0280. The fraction of sp³-hybridized carbons (Fsp3) is 0.333. The molecule has 1 fully saturated rings.